The van der Waals surface area contributed by atoms with E-state index in [1.54, 1.807) is 0 Å². The molecule has 0 spiro atoms. The molecule has 0 atom stereocenters. The van der Waals surface area contributed by atoms with Crippen LogP contribution in [0.4, 0.5) is 0 Å². The minimum absolute atomic E-state index is 0.745. The summed E-state index contributed by atoms with van der Waals surface area (Å²) in [7, 11) is 3.64. The van der Waals surface area contributed by atoms with Crippen molar-refractivity contribution in [2.24, 2.45) is 0 Å². The van der Waals surface area contributed by atoms with E-state index in [2.05, 4.69) is 103 Å². The van der Waals surface area contributed by atoms with E-state index in [1.165, 1.54) is 20.9 Å². The van der Waals surface area contributed by atoms with E-state index in [4.69, 9.17) is 0 Å². The van der Waals surface area contributed by atoms with E-state index in [0.717, 1.165) is 62.0 Å². The van der Waals surface area contributed by atoms with Crippen LogP contribution in [-0.4, -0.2) is 29.7 Å². The van der Waals surface area contributed by atoms with E-state index in [9.17, 15) is 0 Å². The van der Waals surface area contributed by atoms with Gasteiger partial charge in [-0.25, -0.2) is 0 Å². The van der Waals surface area contributed by atoms with Gasteiger partial charge in [0.2, 0.25) is 0 Å². The minimum atomic E-state index is 0.745. The summed E-state index contributed by atoms with van der Waals surface area (Å²) in [5, 5.41) is 0. The summed E-state index contributed by atoms with van der Waals surface area (Å²) in [5.41, 5.74) is 6.77. The Hall–Kier alpha value is -4.34. The van der Waals surface area contributed by atoms with Crippen molar-refractivity contribution in [1.82, 2.24) is 29.7 Å². The van der Waals surface area contributed by atoms with Crippen LogP contribution in [0.15, 0.2) is 156 Å². The summed E-state index contributed by atoms with van der Waals surface area (Å²) >= 11 is 0. The second-order valence-electron chi connectivity index (χ2n) is 11.0. The van der Waals surface area contributed by atoms with Crippen molar-refractivity contribution < 1.29 is 0 Å². The Bertz CT molecular complexity index is 1540. The maximum atomic E-state index is 4.60. The van der Waals surface area contributed by atoms with E-state index >= 15 is 0 Å². The third kappa shape index (κ3) is 9.58. The van der Waals surface area contributed by atoms with E-state index < -0.39 is 0 Å². The lowest BCUT2D eigenvalue weighted by Gasteiger charge is -2.24. The van der Waals surface area contributed by atoms with Crippen molar-refractivity contribution in [2.75, 3.05) is 0 Å². The molecule has 0 saturated heterocycles. The molecule has 46 heavy (non-hydrogen) atoms. The van der Waals surface area contributed by atoms with Gasteiger partial charge in [-0.1, -0.05) is 82.3 Å². The molecule has 0 aliphatic heterocycles. The molecule has 0 radical (unpaired) electrons. The molecule has 4 heterocycles. The molecule has 0 aliphatic rings. The van der Waals surface area contributed by atoms with Crippen LogP contribution in [0.1, 0.15) is 33.9 Å². The molecule has 230 valence electrons. The van der Waals surface area contributed by atoms with Crippen molar-refractivity contribution in [3.8, 4) is 0 Å². The zero-order valence-electron chi connectivity index (χ0n) is 25.6. The molecule has 0 fully saturated rings. The van der Waals surface area contributed by atoms with Gasteiger partial charge >= 0.3 is 0 Å². The molecule has 0 aliphatic carbocycles. The quantitative estimate of drug-likeness (QED) is 0.104. The molecule has 0 N–H and O–H groups in total. The maximum absolute atomic E-state index is 4.60. The molecule has 0 bridgehead atoms. The summed E-state index contributed by atoms with van der Waals surface area (Å²) in [6, 6.07) is 41.8. The van der Waals surface area contributed by atoms with Gasteiger partial charge in [0, 0.05) is 73.8 Å². The summed E-state index contributed by atoms with van der Waals surface area (Å²) in [5.74, 6) is 0. The van der Waals surface area contributed by atoms with Crippen LogP contribution in [-0.2, 0) is 39.3 Å². The molecule has 4 aromatic heterocycles. The van der Waals surface area contributed by atoms with E-state index in [-0.39, 0.29) is 0 Å². The predicted octanol–water partition coefficient (Wildman–Crippen LogP) is 8.47. The largest absolute Gasteiger partial charge is 0.287 e. The number of nitrogens with zero attached hydrogens (tertiary/aromatic N) is 6. The Kier molecular flexibility index (Phi) is 11.6. The third-order valence-corrected chi connectivity index (χ3v) is 9.97. The van der Waals surface area contributed by atoms with Crippen LogP contribution in [0.25, 0.3) is 0 Å². The van der Waals surface area contributed by atoms with Gasteiger partial charge < -0.3 is 0 Å². The molecule has 2 aromatic carbocycles. The van der Waals surface area contributed by atoms with Crippen molar-refractivity contribution >= 4 is 21.6 Å². The first-order valence-electron chi connectivity index (χ1n) is 15.3. The Morgan fingerprint density at radius 2 is 0.652 bits per heavy atom. The molecule has 8 heteroatoms. The molecule has 6 aromatic rings. The van der Waals surface area contributed by atoms with Crippen molar-refractivity contribution in [3.05, 3.63) is 180 Å². The van der Waals surface area contributed by atoms with E-state index in [0.29, 0.717) is 0 Å². The van der Waals surface area contributed by atoms with Crippen LogP contribution in [0.3, 0.4) is 0 Å². The highest BCUT2D eigenvalue weighted by atomic mass is 33.1. The zero-order valence-corrected chi connectivity index (χ0v) is 27.2. The Labute approximate surface area is 279 Å². The average Bonchev–Trinajstić information content (AvgIpc) is 3.10. The smallest absolute Gasteiger partial charge is 0.0544 e. The SMILES string of the molecule is c1ccc(CN(Cc2ccccn2)Cc2ccccc2SSc2ccccc2CN(Cc2ccccn2)Cc2ccccn2)nc1. The summed E-state index contributed by atoms with van der Waals surface area (Å²) in [6.45, 7) is 4.56. The summed E-state index contributed by atoms with van der Waals surface area (Å²) in [4.78, 5) is 25.8. The first-order chi connectivity index (χ1) is 22.8. The average molecular weight is 641 g/mol. The lowest BCUT2D eigenvalue weighted by Crippen LogP contribution is -2.23. The van der Waals surface area contributed by atoms with Crippen LogP contribution < -0.4 is 0 Å². The van der Waals surface area contributed by atoms with Gasteiger partial charge in [0.25, 0.3) is 0 Å². The third-order valence-electron chi connectivity index (χ3n) is 7.40. The molecular formula is C38H36N6S2. The summed E-state index contributed by atoms with van der Waals surface area (Å²) in [6.07, 6.45) is 7.44. The Morgan fingerprint density at radius 3 is 0.957 bits per heavy atom. The van der Waals surface area contributed by atoms with Crippen LogP contribution >= 0.6 is 21.6 Å². The topological polar surface area (TPSA) is 58.0 Å². The van der Waals surface area contributed by atoms with Gasteiger partial charge in [0.05, 0.1) is 22.8 Å². The van der Waals surface area contributed by atoms with Crippen LogP contribution in [0.5, 0.6) is 0 Å². The fourth-order valence-electron chi connectivity index (χ4n) is 5.22. The van der Waals surface area contributed by atoms with E-state index in [1.807, 2.05) is 94.9 Å². The number of hydrogen-bond donors (Lipinski definition) is 0. The molecule has 0 unspecified atom stereocenters. The first kappa shape index (κ1) is 31.6. The predicted molar refractivity (Wildman–Crippen MR) is 187 cm³/mol. The first-order valence-corrected chi connectivity index (χ1v) is 17.5. The van der Waals surface area contributed by atoms with Crippen molar-refractivity contribution in [3.63, 3.8) is 0 Å². The highest BCUT2D eigenvalue weighted by Crippen LogP contribution is 2.41. The lowest BCUT2D eigenvalue weighted by molar-refractivity contribution is 0.240. The van der Waals surface area contributed by atoms with Gasteiger partial charge in [-0.05, 0) is 71.8 Å². The van der Waals surface area contributed by atoms with Crippen LogP contribution in [0, 0.1) is 0 Å². The molecular weight excluding hydrogens is 605 g/mol. The van der Waals surface area contributed by atoms with Gasteiger partial charge in [-0.2, -0.15) is 0 Å². The fourth-order valence-corrected chi connectivity index (χ4v) is 7.66. The number of aromatic nitrogens is 4. The molecule has 0 saturated carbocycles. The van der Waals surface area contributed by atoms with Gasteiger partial charge in [0.15, 0.2) is 0 Å². The second kappa shape index (κ2) is 16.8. The highest BCUT2D eigenvalue weighted by molar-refractivity contribution is 8.76. The zero-order chi connectivity index (χ0) is 31.2. The monoisotopic (exact) mass is 640 g/mol. The number of rotatable bonds is 15. The number of pyridine rings is 4. The van der Waals surface area contributed by atoms with Crippen LogP contribution in [0.2, 0.25) is 0 Å². The van der Waals surface area contributed by atoms with Gasteiger partial charge in [-0.3, -0.25) is 29.7 Å². The molecule has 6 nitrogen and oxygen atoms in total. The Balaban J connectivity index is 1.18. The van der Waals surface area contributed by atoms with Gasteiger partial charge in [-0.15, -0.1) is 0 Å². The van der Waals surface area contributed by atoms with Gasteiger partial charge in [0.1, 0.15) is 0 Å². The Morgan fingerprint density at radius 1 is 0.348 bits per heavy atom. The van der Waals surface area contributed by atoms with Crippen molar-refractivity contribution in [1.29, 1.82) is 0 Å². The number of hydrogen-bond acceptors (Lipinski definition) is 8. The normalized spacial score (nSPS) is 11.3. The molecule has 0 amide bonds. The highest BCUT2D eigenvalue weighted by Gasteiger charge is 2.16. The fraction of sp³-hybridized carbons (Fsp3) is 0.158. The van der Waals surface area contributed by atoms with Crippen molar-refractivity contribution in [2.45, 2.75) is 49.1 Å². The second-order valence-corrected chi connectivity index (χ2v) is 13.2. The maximum Gasteiger partial charge on any atom is 0.0544 e. The lowest BCUT2D eigenvalue weighted by atomic mass is 10.2. The minimum Gasteiger partial charge on any atom is -0.287 e. The molecule has 6 rings (SSSR count). The standard InChI is InChI=1S/C38H36N6S2/c1-3-19-37(31(13-1)25-43(27-33-15-5-9-21-39-33)28-34-16-6-10-22-40-34)45-46-38-20-4-2-14-32(38)26-44(29-35-17-7-11-23-41-35)30-36-18-8-12-24-42-36/h1-24H,25-30H2. The number of benzene rings is 2. The summed E-state index contributed by atoms with van der Waals surface area (Å²) < 4.78 is 0.